The van der Waals surface area contributed by atoms with E-state index in [9.17, 15) is 0 Å². The third-order valence-corrected chi connectivity index (χ3v) is 5.09. The highest BCUT2D eigenvalue weighted by atomic mass is 79.9. The van der Waals surface area contributed by atoms with Gasteiger partial charge in [0.25, 0.3) is 0 Å². The highest BCUT2D eigenvalue weighted by molar-refractivity contribution is 9.10. The van der Waals surface area contributed by atoms with Crippen molar-refractivity contribution in [3.05, 3.63) is 28.2 Å². The molecule has 106 valence electrons. The first-order chi connectivity index (χ1) is 8.96. The van der Waals surface area contributed by atoms with Gasteiger partial charge in [-0.15, -0.1) is 0 Å². The molecule has 0 radical (unpaired) electrons. The van der Waals surface area contributed by atoms with Gasteiger partial charge in [0, 0.05) is 22.2 Å². The molecule has 1 aliphatic heterocycles. The molecular formula is C16H25BrN2. The quantitative estimate of drug-likeness (QED) is 0.906. The fourth-order valence-corrected chi connectivity index (χ4v) is 3.88. The maximum atomic E-state index is 5.79. The first kappa shape index (κ1) is 14.9. The van der Waals surface area contributed by atoms with Gasteiger partial charge in [-0.2, -0.15) is 0 Å². The van der Waals surface area contributed by atoms with Gasteiger partial charge < -0.3 is 10.6 Å². The van der Waals surface area contributed by atoms with Crippen molar-refractivity contribution >= 4 is 21.6 Å². The lowest BCUT2D eigenvalue weighted by atomic mass is 9.76. The standard InChI is InChI=1S/C16H25BrN2/c1-12-11-14(17)6-7-15(12)19-10-4-5-13(8-9-18)16(19,2)3/h6-7,11,13H,4-5,8-10,18H2,1-3H3. The highest BCUT2D eigenvalue weighted by Crippen LogP contribution is 2.39. The van der Waals surface area contributed by atoms with Crippen LogP contribution in [0.2, 0.25) is 0 Å². The molecule has 2 rings (SSSR count). The molecule has 3 heteroatoms. The summed E-state index contributed by atoms with van der Waals surface area (Å²) in [7, 11) is 0. The Morgan fingerprint density at radius 1 is 1.42 bits per heavy atom. The summed E-state index contributed by atoms with van der Waals surface area (Å²) in [6.07, 6.45) is 3.69. The Morgan fingerprint density at radius 3 is 2.79 bits per heavy atom. The SMILES string of the molecule is Cc1cc(Br)ccc1N1CCCC(CCN)C1(C)C. The van der Waals surface area contributed by atoms with Crippen LogP contribution >= 0.6 is 15.9 Å². The van der Waals surface area contributed by atoms with Crippen LogP contribution in [-0.4, -0.2) is 18.6 Å². The zero-order valence-electron chi connectivity index (χ0n) is 12.2. The molecule has 0 aliphatic carbocycles. The summed E-state index contributed by atoms with van der Waals surface area (Å²) in [5.41, 5.74) is 8.69. The fraction of sp³-hybridized carbons (Fsp3) is 0.625. The number of piperidine rings is 1. The molecule has 1 aliphatic rings. The number of rotatable bonds is 3. The number of halogens is 1. The van der Waals surface area contributed by atoms with E-state index in [4.69, 9.17) is 5.73 Å². The molecule has 1 aromatic rings. The zero-order valence-corrected chi connectivity index (χ0v) is 13.8. The Labute approximate surface area is 125 Å². The largest absolute Gasteiger partial charge is 0.366 e. The Kier molecular flexibility index (Phi) is 4.57. The van der Waals surface area contributed by atoms with Gasteiger partial charge in [0.15, 0.2) is 0 Å². The van der Waals surface area contributed by atoms with E-state index in [1.54, 1.807) is 0 Å². The Hall–Kier alpha value is -0.540. The third kappa shape index (κ3) is 2.97. The molecule has 1 unspecified atom stereocenters. The number of nitrogens with zero attached hydrogens (tertiary/aromatic N) is 1. The number of benzene rings is 1. The van der Waals surface area contributed by atoms with Gasteiger partial charge in [0.1, 0.15) is 0 Å². The molecule has 0 spiro atoms. The number of anilines is 1. The lowest BCUT2D eigenvalue weighted by molar-refractivity contribution is 0.227. The van der Waals surface area contributed by atoms with Crippen molar-refractivity contribution in [1.29, 1.82) is 0 Å². The van der Waals surface area contributed by atoms with Crippen LogP contribution in [0.1, 0.15) is 38.7 Å². The van der Waals surface area contributed by atoms with E-state index in [-0.39, 0.29) is 5.54 Å². The molecule has 0 saturated carbocycles. The van der Waals surface area contributed by atoms with Gasteiger partial charge in [0.05, 0.1) is 0 Å². The summed E-state index contributed by atoms with van der Waals surface area (Å²) in [6.45, 7) is 8.88. The number of nitrogens with two attached hydrogens (primary N) is 1. The molecule has 2 nitrogen and oxygen atoms in total. The topological polar surface area (TPSA) is 29.3 Å². The molecule has 0 aromatic heterocycles. The van der Waals surface area contributed by atoms with Crippen LogP contribution in [0.3, 0.4) is 0 Å². The van der Waals surface area contributed by atoms with Crippen molar-refractivity contribution in [2.75, 3.05) is 18.0 Å². The summed E-state index contributed by atoms with van der Waals surface area (Å²) >= 11 is 3.55. The summed E-state index contributed by atoms with van der Waals surface area (Å²) in [5, 5.41) is 0. The molecule has 19 heavy (non-hydrogen) atoms. The number of hydrogen-bond donors (Lipinski definition) is 1. The molecular weight excluding hydrogens is 300 g/mol. The predicted molar refractivity (Wildman–Crippen MR) is 86.7 cm³/mol. The maximum absolute atomic E-state index is 5.79. The van der Waals surface area contributed by atoms with Crippen LogP contribution in [0.5, 0.6) is 0 Å². The number of aryl methyl sites for hydroxylation is 1. The molecule has 1 fully saturated rings. The maximum Gasteiger partial charge on any atom is 0.0401 e. The Morgan fingerprint density at radius 2 is 2.16 bits per heavy atom. The van der Waals surface area contributed by atoms with Crippen molar-refractivity contribution in [3.8, 4) is 0 Å². The van der Waals surface area contributed by atoms with Gasteiger partial charge in [-0.3, -0.25) is 0 Å². The third-order valence-electron chi connectivity index (χ3n) is 4.59. The lowest BCUT2D eigenvalue weighted by Crippen LogP contribution is -2.54. The Balaban J connectivity index is 2.32. The molecule has 0 amide bonds. The summed E-state index contributed by atoms with van der Waals surface area (Å²) in [5.74, 6) is 0.689. The summed E-state index contributed by atoms with van der Waals surface area (Å²) < 4.78 is 1.15. The molecule has 1 saturated heterocycles. The molecule has 1 atom stereocenters. The highest BCUT2D eigenvalue weighted by Gasteiger charge is 2.38. The minimum Gasteiger partial charge on any atom is -0.366 e. The minimum atomic E-state index is 0.191. The van der Waals surface area contributed by atoms with E-state index < -0.39 is 0 Å². The van der Waals surface area contributed by atoms with E-state index in [0.717, 1.165) is 24.0 Å². The molecule has 2 N–H and O–H groups in total. The summed E-state index contributed by atoms with van der Waals surface area (Å²) in [4.78, 5) is 2.58. The molecule has 1 heterocycles. The van der Waals surface area contributed by atoms with E-state index in [0.29, 0.717) is 5.92 Å². The van der Waals surface area contributed by atoms with E-state index in [1.165, 1.54) is 24.1 Å². The van der Waals surface area contributed by atoms with Gasteiger partial charge >= 0.3 is 0 Å². The lowest BCUT2D eigenvalue weighted by Gasteiger charge is -2.50. The van der Waals surface area contributed by atoms with Crippen molar-refractivity contribution in [2.24, 2.45) is 11.7 Å². The second kappa shape index (κ2) is 5.84. The van der Waals surface area contributed by atoms with Crippen LogP contribution < -0.4 is 10.6 Å². The van der Waals surface area contributed by atoms with Crippen LogP contribution in [0.15, 0.2) is 22.7 Å². The van der Waals surface area contributed by atoms with Crippen LogP contribution in [0.4, 0.5) is 5.69 Å². The fourth-order valence-electron chi connectivity index (χ4n) is 3.41. The van der Waals surface area contributed by atoms with Crippen molar-refractivity contribution in [1.82, 2.24) is 0 Å². The van der Waals surface area contributed by atoms with E-state index in [1.807, 2.05) is 0 Å². The number of hydrogen-bond acceptors (Lipinski definition) is 2. The van der Waals surface area contributed by atoms with Gasteiger partial charge in [0.2, 0.25) is 0 Å². The van der Waals surface area contributed by atoms with Gasteiger partial charge in [-0.1, -0.05) is 15.9 Å². The van der Waals surface area contributed by atoms with Crippen molar-refractivity contribution in [2.45, 2.75) is 45.6 Å². The van der Waals surface area contributed by atoms with Crippen LogP contribution in [0, 0.1) is 12.8 Å². The van der Waals surface area contributed by atoms with E-state index in [2.05, 4.69) is 59.8 Å². The van der Waals surface area contributed by atoms with E-state index >= 15 is 0 Å². The average Bonchev–Trinajstić information content (AvgIpc) is 2.33. The van der Waals surface area contributed by atoms with Gasteiger partial charge in [-0.25, -0.2) is 0 Å². The molecule has 1 aromatic carbocycles. The molecule has 0 bridgehead atoms. The predicted octanol–water partition coefficient (Wildman–Crippen LogP) is 4.10. The van der Waals surface area contributed by atoms with Crippen LogP contribution in [-0.2, 0) is 0 Å². The van der Waals surface area contributed by atoms with Crippen LogP contribution in [0.25, 0.3) is 0 Å². The first-order valence-electron chi connectivity index (χ1n) is 7.20. The zero-order chi connectivity index (χ0) is 14.0. The second-order valence-corrected chi connectivity index (χ2v) is 7.07. The van der Waals surface area contributed by atoms with Gasteiger partial charge in [-0.05, 0) is 76.3 Å². The monoisotopic (exact) mass is 324 g/mol. The van der Waals surface area contributed by atoms with Crippen molar-refractivity contribution < 1.29 is 0 Å². The smallest absolute Gasteiger partial charge is 0.0401 e. The van der Waals surface area contributed by atoms with Crippen molar-refractivity contribution in [3.63, 3.8) is 0 Å². The first-order valence-corrected chi connectivity index (χ1v) is 8.00. The second-order valence-electron chi connectivity index (χ2n) is 6.15. The normalized spacial score (nSPS) is 22.6. The summed E-state index contributed by atoms with van der Waals surface area (Å²) in [6, 6.07) is 6.59. The average molecular weight is 325 g/mol. The minimum absolute atomic E-state index is 0.191. The Bertz CT molecular complexity index is 440.